The molecule has 3 nitrogen and oxygen atoms in total. The van der Waals surface area contributed by atoms with Crippen LogP contribution in [-0.4, -0.2) is 11.1 Å². The van der Waals surface area contributed by atoms with Gasteiger partial charge in [-0.15, -0.1) is 0 Å². The molecule has 0 fully saturated rings. The van der Waals surface area contributed by atoms with Crippen LogP contribution in [0.1, 0.15) is 27.0 Å². The smallest absolute Gasteiger partial charge is 0.416 e. The molecule has 0 aliphatic rings. The fourth-order valence-electron chi connectivity index (χ4n) is 1.28. The van der Waals surface area contributed by atoms with E-state index in [2.05, 4.69) is 0 Å². The molecule has 0 unspecified atom stereocenters. The van der Waals surface area contributed by atoms with Gasteiger partial charge in [0.15, 0.2) is 0 Å². The Balaban J connectivity index is 3.51. The molecule has 0 bridgehead atoms. The number of halogens is 3. The third kappa shape index (κ3) is 2.14. The average Bonchev–Trinajstić information content (AvgIpc) is 2.15. The minimum Gasteiger partial charge on any atom is -0.478 e. The Kier molecular flexibility index (Phi) is 2.90. The standard InChI is InChI=1S/C10H6F3NO2/c1-5-2-7(9(15)16)6(4-14)3-8(5)10(11,12)13/h2-3H,1H3,(H,15,16). The monoisotopic (exact) mass is 229 g/mol. The average molecular weight is 229 g/mol. The summed E-state index contributed by atoms with van der Waals surface area (Å²) >= 11 is 0. The number of hydrogen-bond acceptors (Lipinski definition) is 2. The number of aromatic carboxylic acids is 1. The normalized spacial score (nSPS) is 10.9. The van der Waals surface area contributed by atoms with E-state index >= 15 is 0 Å². The van der Waals surface area contributed by atoms with Gasteiger partial charge >= 0.3 is 12.1 Å². The molecule has 0 aliphatic carbocycles. The number of nitrogens with zero attached hydrogens (tertiary/aromatic N) is 1. The van der Waals surface area contributed by atoms with Crippen molar-refractivity contribution >= 4 is 5.97 Å². The van der Waals surface area contributed by atoms with E-state index in [4.69, 9.17) is 10.4 Å². The molecule has 84 valence electrons. The lowest BCUT2D eigenvalue weighted by molar-refractivity contribution is -0.138. The summed E-state index contributed by atoms with van der Waals surface area (Å²) in [5, 5.41) is 17.3. The molecule has 1 aromatic carbocycles. The lowest BCUT2D eigenvalue weighted by Gasteiger charge is -2.11. The summed E-state index contributed by atoms with van der Waals surface area (Å²) in [5.74, 6) is -1.42. The van der Waals surface area contributed by atoms with E-state index in [1.165, 1.54) is 6.07 Å². The number of rotatable bonds is 1. The van der Waals surface area contributed by atoms with E-state index < -0.39 is 28.8 Å². The fraction of sp³-hybridized carbons (Fsp3) is 0.200. The van der Waals surface area contributed by atoms with E-state index in [1.807, 2.05) is 0 Å². The van der Waals surface area contributed by atoms with Crippen molar-refractivity contribution in [2.45, 2.75) is 13.1 Å². The first-order valence-corrected chi connectivity index (χ1v) is 4.12. The van der Waals surface area contributed by atoms with Crippen LogP contribution in [0.2, 0.25) is 0 Å². The largest absolute Gasteiger partial charge is 0.478 e. The summed E-state index contributed by atoms with van der Waals surface area (Å²) in [5.41, 5.74) is -2.13. The first kappa shape index (κ1) is 12.0. The van der Waals surface area contributed by atoms with Crippen molar-refractivity contribution in [3.63, 3.8) is 0 Å². The van der Waals surface area contributed by atoms with Gasteiger partial charge < -0.3 is 5.11 Å². The zero-order chi connectivity index (χ0) is 12.5. The van der Waals surface area contributed by atoms with Crippen LogP contribution >= 0.6 is 0 Å². The summed E-state index contributed by atoms with van der Waals surface area (Å²) < 4.78 is 37.3. The highest BCUT2D eigenvalue weighted by atomic mass is 19.4. The number of nitriles is 1. The maximum atomic E-state index is 12.4. The Labute approximate surface area is 88.7 Å². The number of carbonyl (C=O) groups is 1. The molecule has 0 aromatic heterocycles. The van der Waals surface area contributed by atoms with E-state index in [9.17, 15) is 18.0 Å². The molecular formula is C10H6F3NO2. The van der Waals surface area contributed by atoms with E-state index in [-0.39, 0.29) is 5.56 Å². The van der Waals surface area contributed by atoms with Crippen LogP contribution in [0.4, 0.5) is 13.2 Å². The van der Waals surface area contributed by atoms with Crippen molar-refractivity contribution in [3.8, 4) is 6.07 Å². The molecule has 6 heteroatoms. The zero-order valence-corrected chi connectivity index (χ0v) is 8.09. The molecule has 0 radical (unpaired) electrons. The molecule has 0 atom stereocenters. The van der Waals surface area contributed by atoms with Gasteiger partial charge in [0.25, 0.3) is 0 Å². The molecule has 0 heterocycles. The van der Waals surface area contributed by atoms with Gasteiger partial charge in [-0.2, -0.15) is 18.4 Å². The van der Waals surface area contributed by atoms with Crippen LogP contribution in [0, 0.1) is 18.3 Å². The fourth-order valence-corrected chi connectivity index (χ4v) is 1.28. The zero-order valence-electron chi connectivity index (χ0n) is 8.09. The van der Waals surface area contributed by atoms with Gasteiger partial charge in [0.1, 0.15) is 6.07 Å². The Morgan fingerprint density at radius 2 is 2.00 bits per heavy atom. The molecular weight excluding hydrogens is 223 g/mol. The second kappa shape index (κ2) is 3.85. The Morgan fingerprint density at radius 3 is 2.38 bits per heavy atom. The summed E-state index contributed by atoms with van der Waals surface area (Å²) in [6.45, 7) is 1.15. The first-order valence-electron chi connectivity index (χ1n) is 4.12. The second-order valence-electron chi connectivity index (χ2n) is 3.13. The van der Waals surface area contributed by atoms with Crippen LogP contribution in [0.5, 0.6) is 0 Å². The molecule has 1 rings (SSSR count). The molecule has 0 aliphatic heterocycles. The van der Waals surface area contributed by atoms with E-state index in [1.54, 1.807) is 0 Å². The first-order chi connectivity index (χ1) is 7.27. The van der Waals surface area contributed by atoms with Gasteiger partial charge in [-0.1, -0.05) is 0 Å². The van der Waals surface area contributed by atoms with Gasteiger partial charge in [-0.3, -0.25) is 0 Å². The minimum atomic E-state index is -4.59. The molecule has 1 aromatic rings. The van der Waals surface area contributed by atoms with Crippen LogP contribution in [0.3, 0.4) is 0 Å². The number of hydrogen-bond donors (Lipinski definition) is 1. The molecule has 1 N–H and O–H groups in total. The maximum absolute atomic E-state index is 12.4. The lowest BCUT2D eigenvalue weighted by Crippen LogP contribution is -2.11. The quantitative estimate of drug-likeness (QED) is 0.804. The van der Waals surface area contributed by atoms with Crippen molar-refractivity contribution in [2.24, 2.45) is 0 Å². The van der Waals surface area contributed by atoms with Crippen LogP contribution in [0.25, 0.3) is 0 Å². The van der Waals surface area contributed by atoms with Gasteiger partial charge in [0, 0.05) is 0 Å². The predicted octanol–water partition coefficient (Wildman–Crippen LogP) is 2.58. The third-order valence-electron chi connectivity index (χ3n) is 2.02. The van der Waals surface area contributed by atoms with Crippen molar-refractivity contribution in [3.05, 3.63) is 34.4 Å². The van der Waals surface area contributed by atoms with E-state index in [0.717, 1.165) is 13.0 Å². The van der Waals surface area contributed by atoms with Crippen LogP contribution < -0.4 is 0 Å². The summed E-state index contributed by atoms with van der Waals surface area (Å²) in [6.07, 6.45) is -4.59. The van der Waals surface area contributed by atoms with Crippen molar-refractivity contribution < 1.29 is 23.1 Å². The molecule has 0 amide bonds. The lowest BCUT2D eigenvalue weighted by atomic mass is 9.99. The van der Waals surface area contributed by atoms with Crippen molar-refractivity contribution in [1.82, 2.24) is 0 Å². The van der Waals surface area contributed by atoms with Gasteiger partial charge in [-0.25, -0.2) is 4.79 Å². The Morgan fingerprint density at radius 1 is 1.44 bits per heavy atom. The van der Waals surface area contributed by atoms with Gasteiger partial charge in [0.05, 0.1) is 16.7 Å². The molecule has 0 spiro atoms. The predicted molar refractivity (Wildman–Crippen MR) is 47.9 cm³/mol. The van der Waals surface area contributed by atoms with Crippen LogP contribution in [0.15, 0.2) is 12.1 Å². The minimum absolute atomic E-state index is 0.219. The Bertz CT molecular complexity index is 486. The number of aryl methyl sites for hydroxylation is 1. The Hall–Kier alpha value is -2.03. The van der Waals surface area contributed by atoms with Gasteiger partial charge in [-0.05, 0) is 24.6 Å². The summed E-state index contributed by atoms with van der Waals surface area (Å²) in [4.78, 5) is 10.7. The topological polar surface area (TPSA) is 61.1 Å². The van der Waals surface area contributed by atoms with Gasteiger partial charge in [0.2, 0.25) is 0 Å². The molecule has 16 heavy (non-hydrogen) atoms. The number of carboxylic acids is 1. The highest BCUT2D eigenvalue weighted by Gasteiger charge is 2.33. The van der Waals surface area contributed by atoms with Crippen LogP contribution in [-0.2, 0) is 6.18 Å². The summed E-state index contributed by atoms with van der Waals surface area (Å²) in [7, 11) is 0. The van der Waals surface area contributed by atoms with E-state index in [0.29, 0.717) is 6.07 Å². The molecule has 0 saturated carbocycles. The van der Waals surface area contributed by atoms with Crippen molar-refractivity contribution in [2.75, 3.05) is 0 Å². The highest BCUT2D eigenvalue weighted by Crippen LogP contribution is 2.33. The summed E-state index contributed by atoms with van der Waals surface area (Å²) in [6, 6.07) is 2.84. The van der Waals surface area contributed by atoms with Crippen molar-refractivity contribution in [1.29, 1.82) is 5.26 Å². The third-order valence-corrected chi connectivity index (χ3v) is 2.02. The number of carboxylic acid groups (broad SMARTS) is 1. The molecule has 0 saturated heterocycles. The highest BCUT2D eigenvalue weighted by molar-refractivity contribution is 5.91. The number of benzene rings is 1. The maximum Gasteiger partial charge on any atom is 0.416 e. The SMILES string of the molecule is Cc1cc(C(=O)O)c(C#N)cc1C(F)(F)F. The second-order valence-corrected chi connectivity index (χ2v) is 3.13. The number of alkyl halides is 3.